The van der Waals surface area contributed by atoms with E-state index in [-0.39, 0.29) is 11.8 Å². The molecule has 0 spiro atoms. The molecule has 0 saturated heterocycles. The lowest BCUT2D eigenvalue weighted by atomic mass is 9.85. The van der Waals surface area contributed by atoms with Crippen LogP contribution in [0.25, 0.3) is 0 Å². The fourth-order valence-corrected chi connectivity index (χ4v) is 1.96. The summed E-state index contributed by atoms with van der Waals surface area (Å²) in [5.41, 5.74) is 1.09. The number of amides is 2. The van der Waals surface area contributed by atoms with Crippen LogP contribution < -0.4 is 10.6 Å². The van der Waals surface area contributed by atoms with Crippen molar-refractivity contribution in [3.63, 3.8) is 0 Å². The molecule has 21 heavy (non-hydrogen) atoms. The van der Waals surface area contributed by atoms with E-state index in [4.69, 9.17) is 16.7 Å². The van der Waals surface area contributed by atoms with Crippen LogP contribution >= 0.6 is 11.6 Å². The maximum absolute atomic E-state index is 12.0. The van der Waals surface area contributed by atoms with Crippen molar-refractivity contribution in [2.75, 3.05) is 5.32 Å². The Labute approximate surface area is 129 Å². The molecule has 0 aliphatic carbocycles. The van der Waals surface area contributed by atoms with Gasteiger partial charge in [-0.15, -0.1) is 0 Å². The molecule has 1 aromatic carbocycles. The number of urea groups is 1. The number of aryl methyl sites for hydroxylation is 1. The molecule has 0 aromatic heterocycles. The smallest absolute Gasteiger partial charge is 0.319 e. The Morgan fingerprint density at radius 3 is 2.48 bits per heavy atom. The molecule has 1 atom stereocenters. The summed E-state index contributed by atoms with van der Waals surface area (Å²) in [6.07, 6.45) is -0.140. The number of carbonyl (C=O) groups is 2. The van der Waals surface area contributed by atoms with Crippen molar-refractivity contribution in [2.24, 2.45) is 5.41 Å². The predicted octanol–water partition coefficient (Wildman–Crippen LogP) is 3.66. The third kappa shape index (κ3) is 5.63. The van der Waals surface area contributed by atoms with Gasteiger partial charge in [-0.05, 0) is 30.0 Å². The molecule has 3 N–H and O–H groups in total. The Morgan fingerprint density at radius 1 is 1.33 bits per heavy atom. The second-order valence-electron chi connectivity index (χ2n) is 6.10. The lowest BCUT2D eigenvalue weighted by molar-refractivity contribution is -0.138. The second-order valence-corrected chi connectivity index (χ2v) is 6.51. The van der Waals surface area contributed by atoms with Gasteiger partial charge in [-0.2, -0.15) is 0 Å². The first kappa shape index (κ1) is 17.3. The fourth-order valence-electron chi connectivity index (χ4n) is 1.80. The van der Waals surface area contributed by atoms with E-state index in [0.717, 1.165) is 5.56 Å². The van der Waals surface area contributed by atoms with Gasteiger partial charge < -0.3 is 15.7 Å². The summed E-state index contributed by atoms with van der Waals surface area (Å²) in [4.78, 5) is 22.9. The number of aliphatic carboxylic acids is 1. The Balaban J connectivity index is 2.78. The average Bonchev–Trinajstić information content (AvgIpc) is 2.31. The van der Waals surface area contributed by atoms with E-state index in [2.05, 4.69) is 10.6 Å². The highest BCUT2D eigenvalue weighted by atomic mass is 35.5. The molecule has 6 heteroatoms. The number of hydrogen-bond acceptors (Lipinski definition) is 2. The highest BCUT2D eigenvalue weighted by Crippen LogP contribution is 2.24. The van der Waals surface area contributed by atoms with Gasteiger partial charge in [0.1, 0.15) is 0 Å². The van der Waals surface area contributed by atoms with Gasteiger partial charge in [-0.1, -0.05) is 38.4 Å². The first-order chi connectivity index (χ1) is 9.59. The van der Waals surface area contributed by atoms with Gasteiger partial charge in [-0.3, -0.25) is 4.79 Å². The third-order valence-electron chi connectivity index (χ3n) is 3.10. The zero-order chi connectivity index (χ0) is 16.2. The second kappa shape index (κ2) is 6.80. The molecule has 0 radical (unpaired) electrons. The van der Waals surface area contributed by atoms with Crippen LogP contribution in [0.3, 0.4) is 0 Å². The molecule has 0 aliphatic rings. The Bertz CT molecular complexity index is 538. The predicted molar refractivity (Wildman–Crippen MR) is 83.8 cm³/mol. The monoisotopic (exact) mass is 312 g/mol. The SMILES string of the molecule is Cc1ccc(Cl)c(NC(=O)NC(CC(=O)O)C(C)(C)C)c1. The number of benzene rings is 1. The van der Waals surface area contributed by atoms with Crippen LogP contribution in [-0.4, -0.2) is 23.1 Å². The number of nitrogens with one attached hydrogen (secondary N) is 2. The summed E-state index contributed by atoms with van der Waals surface area (Å²) < 4.78 is 0. The number of carbonyl (C=O) groups excluding carboxylic acids is 1. The van der Waals surface area contributed by atoms with E-state index in [0.29, 0.717) is 10.7 Å². The number of halogens is 1. The number of rotatable bonds is 4. The Morgan fingerprint density at radius 2 is 1.95 bits per heavy atom. The van der Waals surface area contributed by atoms with E-state index in [1.54, 1.807) is 12.1 Å². The lowest BCUT2D eigenvalue weighted by Crippen LogP contribution is -2.46. The topological polar surface area (TPSA) is 78.4 Å². The highest BCUT2D eigenvalue weighted by molar-refractivity contribution is 6.33. The van der Waals surface area contributed by atoms with Gasteiger partial charge in [-0.25, -0.2) is 4.79 Å². The molecule has 0 fully saturated rings. The molecule has 116 valence electrons. The minimum Gasteiger partial charge on any atom is -0.481 e. The molecule has 0 aliphatic heterocycles. The zero-order valence-corrected chi connectivity index (χ0v) is 13.4. The van der Waals surface area contributed by atoms with E-state index < -0.39 is 18.0 Å². The first-order valence-corrected chi connectivity index (χ1v) is 7.03. The van der Waals surface area contributed by atoms with Gasteiger partial charge >= 0.3 is 12.0 Å². The summed E-state index contributed by atoms with van der Waals surface area (Å²) >= 11 is 6.01. The van der Waals surface area contributed by atoms with Crippen LogP contribution in [0.4, 0.5) is 10.5 Å². The molecule has 1 rings (SSSR count). The highest BCUT2D eigenvalue weighted by Gasteiger charge is 2.28. The third-order valence-corrected chi connectivity index (χ3v) is 3.43. The van der Waals surface area contributed by atoms with E-state index in [1.807, 2.05) is 33.8 Å². The van der Waals surface area contributed by atoms with Crippen LogP contribution in [0.5, 0.6) is 0 Å². The van der Waals surface area contributed by atoms with Crippen molar-refractivity contribution in [3.8, 4) is 0 Å². The van der Waals surface area contributed by atoms with Crippen molar-refractivity contribution in [2.45, 2.75) is 40.2 Å². The largest absolute Gasteiger partial charge is 0.481 e. The van der Waals surface area contributed by atoms with Crippen LogP contribution in [0, 0.1) is 12.3 Å². The minimum absolute atomic E-state index is 0.140. The summed E-state index contributed by atoms with van der Waals surface area (Å²) in [6.45, 7) is 7.52. The summed E-state index contributed by atoms with van der Waals surface area (Å²) in [6, 6.07) is 4.34. The lowest BCUT2D eigenvalue weighted by Gasteiger charge is -2.30. The van der Waals surface area contributed by atoms with Crippen LogP contribution in [0.1, 0.15) is 32.8 Å². The summed E-state index contributed by atoms with van der Waals surface area (Å²) in [7, 11) is 0. The molecule has 5 nitrogen and oxygen atoms in total. The molecule has 1 unspecified atom stereocenters. The van der Waals surface area contributed by atoms with Crippen LogP contribution in [0.15, 0.2) is 18.2 Å². The maximum Gasteiger partial charge on any atom is 0.319 e. The Hall–Kier alpha value is -1.75. The fraction of sp³-hybridized carbons (Fsp3) is 0.467. The van der Waals surface area contributed by atoms with E-state index in [1.165, 1.54) is 0 Å². The molecule has 0 heterocycles. The van der Waals surface area contributed by atoms with E-state index >= 15 is 0 Å². The normalized spacial score (nSPS) is 12.6. The average molecular weight is 313 g/mol. The quantitative estimate of drug-likeness (QED) is 0.794. The maximum atomic E-state index is 12.0. The van der Waals surface area contributed by atoms with Crippen molar-refractivity contribution < 1.29 is 14.7 Å². The number of carboxylic acids is 1. The first-order valence-electron chi connectivity index (χ1n) is 6.65. The molecule has 2 amide bonds. The van der Waals surface area contributed by atoms with Gasteiger partial charge in [0.05, 0.1) is 17.1 Å². The van der Waals surface area contributed by atoms with Crippen molar-refractivity contribution in [1.29, 1.82) is 0 Å². The zero-order valence-electron chi connectivity index (χ0n) is 12.7. The van der Waals surface area contributed by atoms with E-state index in [9.17, 15) is 9.59 Å². The Kier molecular flexibility index (Phi) is 5.61. The molecular formula is C15H21ClN2O3. The van der Waals surface area contributed by atoms with Gasteiger partial charge in [0.25, 0.3) is 0 Å². The van der Waals surface area contributed by atoms with Gasteiger partial charge in [0.2, 0.25) is 0 Å². The molecule has 0 saturated carbocycles. The van der Waals surface area contributed by atoms with Gasteiger partial charge in [0, 0.05) is 6.04 Å². The standard InChI is InChI=1S/C15H21ClN2O3/c1-9-5-6-10(16)11(7-9)17-14(21)18-12(8-13(19)20)15(2,3)4/h5-7,12H,8H2,1-4H3,(H,19,20)(H2,17,18,21). The van der Waals surface area contributed by atoms with Crippen molar-refractivity contribution in [1.82, 2.24) is 5.32 Å². The van der Waals surface area contributed by atoms with Crippen LogP contribution in [0.2, 0.25) is 5.02 Å². The molecular weight excluding hydrogens is 292 g/mol. The number of carboxylic acid groups (broad SMARTS) is 1. The number of hydrogen-bond donors (Lipinski definition) is 3. The number of anilines is 1. The molecule has 0 bridgehead atoms. The molecule has 1 aromatic rings. The summed E-state index contributed by atoms with van der Waals surface area (Å²) in [5.74, 6) is -0.955. The van der Waals surface area contributed by atoms with Crippen molar-refractivity contribution in [3.05, 3.63) is 28.8 Å². The summed E-state index contributed by atoms with van der Waals surface area (Å²) in [5, 5.41) is 14.7. The minimum atomic E-state index is -0.955. The van der Waals surface area contributed by atoms with Crippen LogP contribution in [-0.2, 0) is 4.79 Å². The van der Waals surface area contributed by atoms with Gasteiger partial charge in [0.15, 0.2) is 0 Å². The van der Waals surface area contributed by atoms with Crippen molar-refractivity contribution >= 4 is 29.3 Å².